The standard InChI is InChI=1S/C21H30N2O7/c1-6-11-23(13-14-7-8-15(29-5)12-17(14)24)18(25)10-9-16(19(26)27)22-20(28)30-21(2,3)4/h6-8,12,16,24H,1,9-11,13H2,2-5H3,(H,22,28)(H,26,27)/t16-/m0/s1. The van der Waals surface area contributed by atoms with Gasteiger partial charge in [0.25, 0.3) is 0 Å². The number of methoxy groups -OCH3 is 1. The number of hydrogen-bond donors (Lipinski definition) is 3. The van der Waals surface area contributed by atoms with Crippen LogP contribution in [-0.4, -0.2) is 58.4 Å². The fourth-order valence-corrected chi connectivity index (χ4v) is 2.55. The van der Waals surface area contributed by atoms with Crippen molar-refractivity contribution in [2.24, 2.45) is 0 Å². The lowest BCUT2D eigenvalue weighted by atomic mass is 10.1. The number of carbonyl (C=O) groups is 3. The molecular weight excluding hydrogens is 392 g/mol. The van der Waals surface area contributed by atoms with E-state index in [0.29, 0.717) is 11.3 Å². The number of phenolic OH excluding ortho intramolecular Hbond substituents is 1. The summed E-state index contributed by atoms with van der Waals surface area (Å²) in [4.78, 5) is 37.4. The summed E-state index contributed by atoms with van der Waals surface area (Å²) in [6.45, 7) is 8.93. The molecule has 0 bridgehead atoms. The molecule has 0 aromatic heterocycles. The van der Waals surface area contributed by atoms with E-state index in [-0.39, 0.29) is 37.6 Å². The zero-order valence-electron chi connectivity index (χ0n) is 17.8. The summed E-state index contributed by atoms with van der Waals surface area (Å²) in [6.07, 6.45) is 0.424. The van der Waals surface area contributed by atoms with Gasteiger partial charge in [-0.2, -0.15) is 0 Å². The van der Waals surface area contributed by atoms with Crippen molar-refractivity contribution >= 4 is 18.0 Å². The van der Waals surface area contributed by atoms with Gasteiger partial charge in [-0.1, -0.05) is 6.08 Å². The molecule has 0 aliphatic heterocycles. The highest BCUT2D eigenvalue weighted by Gasteiger charge is 2.25. The van der Waals surface area contributed by atoms with E-state index < -0.39 is 23.7 Å². The van der Waals surface area contributed by atoms with Crippen LogP contribution in [0.25, 0.3) is 0 Å². The molecule has 1 rings (SSSR count). The Morgan fingerprint density at radius 2 is 1.97 bits per heavy atom. The molecule has 0 heterocycles. The predicted octanol–water partition coefficient (Wildman–Crippen LogP) is 2.67. The van der Waals surface area contributed by atoms with E-state index in [1.807, 2.05) is 0 Å². The molecule has 2 amide bonds. The van der Waals surface area contributed by atoms with Crippen LogP contribution in [0.1, 0.15) is 39.2 Å². The number of amides is 2. The van der Waals surface area contributed by atoms with Crippen LogP contribution in [0.4, 0.5) is 4.79 Å². The SMILES string of the molecule is C=CCN(Cc1ccc(OC)cc1O)C(=O)CC[C@H](NC(=O)OC(C)(C)C)C(=O)O. The van der Waals surface area contributed by atoms with Crippen LogP contribution in [0.3, 0.4) is 0 Å². The van der Waals surface area contributed by atoms with Gasteiger partial charge in [-0.15, -0.1) is 6.58 Å². The van der Waals surface area contributed by atoms with Crippen LogP contribution in [0.15, 0.2) is 30.9 Å². The van der Waals surface area contributed by atoms with Crippen LogP contribution in [0.2, 0.25) is 0 Å². The summed E-state index contributed by atoms with van der Waals surface area (Å²) >= 11 is 0. The van der Waals surface area contributed by atoms with Gasteiger partial charge in [0.15, 0.2) is 0 Å². The number of carbonyl (C=O) groups excluding carboxylic acids is 2. The van der Waals surface area contributed by atoms with E-state index in [4.69, 9.17) is 9.47 Å². The van der Waals surface area contributed by atoms with Crippen molar-refractivity contribution in [3.63, 3.8) is 0 Å². The highest BCUT2D eigenvalue weighted by Crippen LogP contribution is 2.25. The first-order chi connectivity index (χ1) is 14.0. The third kappa shape index (κ3) is 8.42. The van der Waals surface area contributed by atoms with Crippen LogP contribution in [0.5, 0.6) is 11.5 Å². The van der Waals surface area contributed by atoms with E-state index >= 15 is 0 Å². The van der Waals surface area contributed by atoms with Crippen molar-refractivity contribution in [2.45, 2.75) is 51.8 Å². The maximum Gasteiger partial charge on any atom is 0.408 e. The van der Waals surface area contributed by atoms with Gasteiger partial charge in [0.05, 0.1) is 7.11 Å². The molecule has 0 aliphatic rings. The van der Waals surface area contributed by atoms with E-state index in [1.165, 1.54) is 24.2 Å². The number of nitrogens with one attached hydrogen (secondary N) is 1. The maximum absolute atomic E-state index is 12.6. The Labute approximate surface area is 176 Å². The smallest absolute Gasteiger partial charge is 0.408 e. The van der Waals surface area contributed by atoms with Crippen molar-refractivity contribution in [3.05, 3.63) is 36.4 Å². The molecule has 1 aromatic rings. The number of alkyl carbamates (subject to hydrolysis) is 1. The number of aliphatic carboxylic acids is 1. The highest BCUT2D eigenvalue weighted by molar-refractivity contribution is 5.82. The first kappa shape index (κ1) is 24.8. The van der Waals surface area contributed by atoms with Crippen molar-refractivity contribution in [2.75, 3.05) is 13.7 Å². The second kappa shape index (κ2) is 11.1. The number of rotatable bonds is 10. The minimum atomic E-state index is -1.27. The highest BCUT2D eigenvalue weighted by atomic mass is 16.6. The zero-order chi connectivity index (χ0) is 22.9. The quantitative estimate of drug-likeness (QED) is 0.495. The van der Waals surface area contributed by atoms with Crippen LogP contribution >= 0.6 is 0 Å². The molecule has 0 radical (unpaired) electrons. The Morgan fingerprint density at radius 1 is 1.30 bits per heavy atom. The second-order valence-corrected chi connectivity index (χ2v) is 7.63. The van der Waals surface area contributed by atoms with Gasteiger partial charge in [0.2, 0.25) is 5.91 Å². The van der Waals surface area contributed by atoms with Crippen molar-refractivity contribution in [1.29, 1.82) is 0 Å². The summed E-state index contributed by atoms with van der Waals surface area (Å²) in [7, 11) is 1.48. The Morgan fingerprint density at radius 3 is 2.47 bits per heavy atom. The molecule has 1 atom stereocenters. The average Bonchev–Trinajstić information content (AvgIpc) is 2.64. The molecule has 1 aromatic carbocycles. The number of ether oxygens (including phenoxy) is 2. The molecule has 0 saturated heterocycles. The fraction of sp³-hybridized carbons (Fsp3) is 0.476. The molecule has 9 nitrogen and oxygen atoms in total. The number of carboxylic acid groups (broad SMARTS) is 1. The van der Waals surface area contributed by atoms with E-state index in [1.54, 1.807) is 32.9 Å². The number of phenols is 1. The fourth-order valence-electron chi connectivity index (χ4n) is 2.55. The lowest BCUT2D eigenvalue weighted by Crippen LogP contribution is -2.44. The lowest BCUT2D eigenvalue weighted by Gasteiger charge is -2.24. The van der Waals surface area contributed by atoms with Crippen LogP contribution in [-0.2, 0) is 20.9 Å². The van der Waals surface area contributed by atoms with Crippen molar-refractivity contribution in [1.82, 2.24) is 10.2 Å². The van der Waals surface area contributed by atoms with Crippen molar-refractivity contribution < 1.29 is 34.1 Å². The summed E-state index contributed by atoms with van der Waals surface area (Å²) in [5.41, 5.74) is -0.267. The maximum atomic E-state index is 12.6. The summed E-state index contributed by atoms with van der Waals surface area (Å²) in [5.74, 6) is -1.15. The third-order valence-corrected chi connectivity index (χ3v) is 3.99. The number of nitrogens with zero attached hydrogens (tertiary/aromatic N) is 1. The molecule has 0 aliphatic carbocycles. The zero-order valence-corrected chi connectivity index (χ0v) is 17.8. The van der Waals surface area contributed by atoms with E-state index in [2.05, 4.69) is 11.9 Å². The predicted molar refractivity (Wildman–Crippen MR) is 110 cm³/mol. The van der Waals surface area contributed by atoms with Gasteiger partial charge in [0.1, 0.15) is 23.1 Å². The molecule has 0 fully saturated rings. The van der Waals surface area contributed by atoms with Gasteiger partial charge in [-0.25, -0.2) is 9.59 Å². The number of hydrogen-bond acceptors (Lipinski definition) is 6. The first-order valence-electron chi connectivity index (χ1n) is 9.43. The van der Waals surface area contributed by atoms with Gasteiger partial charge >= 0.3 is 12.1 Å². The monoisotopic (exact) mass is 422 g/mol. The average molecular weight is 422 g/mol. The Bertz CT molecular complexity index is 771. The minimum Gasteiger partial charge on any atom is -0.507 e. The number of aromatic hydroxyl groups is 1. The number of carboxylic acids is 1. The van der Waals surface area contributed by atoms with Crippen molar-refractivity contribution in [3.8, 4) is 11.5 Å². The summed E-state index contributed by atoms with van der Waals surface area (Å²) in [6, 6.07) is 3.47. The topological polar surface area (TPSA) is 125 Å². The number of benzene rings is 1. The minimum absolute atomic E-state index is 0.0220. The van der Waals surface area contributed by atoms with Gasteiger partial charge in [0, 0.05) is 31.1 Å². The largest absolute Gasteiger partial charge is 0.507 e. The Hall–Kier alpha value is -3.23. The van der Waals surface area contributed by atoms with Gasteiger partial charge in [-0.3, -0.25) is 4.79 Å². The molecule has 0 spiro atoms. The summed E-state index contributed by atoms with van der Waals surface area (Å²) < 4.78 is 10.1. The van der Waals surface area contributed by atoms with Gasteiger partial charge in [-0.05, 0) is 39.3 Å². The van der Waals surface area contributed by atoms with Gasteiger partial charge < -0.3 is 29.9 Å². The normalized spacial score (nSPS) is 11.9. The molecule has 0 unspecified atom stereocenters. The first-order valence-corrected chi connectivity index (χ1v) is 9.43. The molecular formula is C21H30N2O7. The lowest BCUT2D eigenvalue weighted by molar-refractivity contribution is -0.140. The van der Waals surface area contributed by atoms with E-state index in [9.17, 15) is 24.6 Å². The Kier molecular flexibility index (Phi) is 9.16. The molecule has 3 N–H and O–H groups in total. The molecule has 30 heavy (non-hydrogen) atoms. The van der Waals surface area contributed by atoms with Crippen LogP contribution in [0, 0.1) is 0 Å². The van der Waals surface area contributed by atoms with Crippen LogP contribution < -0.4 is 10.1 Å². The third-order valence-electron chi connectivity index (χ3n) is 3.99. The second-order valence-electron chi connectivity index (χ2n) is 7.63. The Balaban J connectivity index is 2.77. The molecule has 166 valence electrons. The molecule has 9 heteroatoms. The summed E-state index contributed by atoms with van der Waals surface area (Å²) in [5, 5.41) is 21.7. The van der Waals surface area contributed by atoms with E-state index in [0.717, 1.165) is 0 Å². The molecule has 0 saturated carbocycles.